The Morgan fingerprint density at radius 1 is 1.47 bits per heavy atom. The summed E-state index contributed by atoms with van der Waals surface area (Å²) in [6.07, 6.45) is 1.08. The Kier molecular flexibility index (Phi) is 5.63. The molecule has 1 atom stereocenters. The van der Waals surface area contributed by atoms with Gasteiger partial charge in [-0.1, -0.05) is 13.3 Å². The van der Waals surface area contributed by atoms with Crippen molar-refractivity contribution in [3.63, 3.8) is 0 Å². The maximum absolute atomic E-state index is 11.9. The number of nitrogens with one attached hydrogen (secondary N) is 1. The number of aliphatic hydroxyl groups excluding tert-OH is 1. The summed E-state index contributed by atoms with van der Waals surface area (Å²) in [5.41, 5.74) is 7.84. The maximum atomic E-state index is 11.9. The molecule has 0 fully saturated rings. The minimum absolute atomic E-state index is 0.216. The summed E-state index contributed by atoms with van der Waals surface area (Å²) in [4.78, 5) is 13.8. The normalized spacial score (nSPS) is 12.0. The number of amides is 1. The van der Waals surface area contributed by atoms with Crippen molar-refractivity contribution < 1.29 is 9.90 Å². The van der Waals surface area contributed by atoms with Gasteiger partial charge in [-0.15, -0.1) is 0 Å². The molecule has 0 bridgehead atoms. The van der Waals surface area contributed by atoms with Crippen molar-refractivity contribution in [3.8, 4) is 0 Å². The molecule has 0 aromatic heterocycles. The fourth-order valence-electron chi connectivity index (χ4n) is 1.85. The summed E-state index contributed by atoms with van der Waals surface area (Å²) in [6.45, 7) is 2.26. The van der Waals surface area contributed by atoms with Gasteiger partial charge in [0.15, 0.2) is 0 Å². The molecule has 0 radical (unpaired) electrons. The molecule has 4 N–H and O–H groups in total. The van der Waals surface area contributed by atoms with Crippen molar-refractivity contribution in [2.45, 2.75) is 25.9 Å². The smallest absolute Gasteiger partial charge is 0.251 e. The van der Waals surface area contributed by atoms with E-state index in [1.807, 2.05) is 32.0 Å². The van der Waals surface area contributed by atoms with Crippen LogP contribution >= 0.6 is 0 Å². The van der Waals surface area contributed by atoms with Crippen LogP contribution in [0.15, 0.2) is 18.2 Å². The Hall–Kier alpha value is -1.75. The van der Waals surface area contributed by atoms with Gasteiger partial charge in [-0.3, -0.25) is 4.79 Å². The molecule has 1 rings (SSSR count). The zero-order valence-corrected chi connectivity index (χ0v) is 11.8. The largest absolute Gasteiger partial charge is 0.397 e. The number of carbonyl (C=O) groups excluding carboxylic acids is 1. The topological polar surface area (TPSA) is 78.6 Å². The molecule has 0 aliphatic heterocycles. The molecule has 106 valence electrons. The molecule has 0 heterocycles. The molecule has 19 heavy (non-hydrogen) atoms. The molecule has 0 spiro atoms. The standard InChI is InChI=1S/C14H23N3O2/c1-4-5-11(18)9-16-14(19)10-6-7-13(17(2)3)12(15)8-10/h6-8,11,18H,4-5,9,15H2,1-3H3,(H,16,19). The van der Waals surface area contributed by atoms with Gasteiger partial charge in [0.1, 0.15) is 0 Å². The number of anilines is 2. The average Bonchev–Trinajstić information content (AvgIpc) is 2.35. The molecule has 1 amide bonds. The van der Waals surface area contributed by atoms with Crippen molar-refractivity contribution in [1.29, 1.82) is 0 Å². The summed E-state index contributed by atoms with van der Waals surface area (Å²) in [5, 5.41) is 12.3. The first-order valence-electron chi connectivity index (χ1n) is 6.48. The van der Waals surface area contributed by atoms with Gasteiger partial charge in [0.05, 0.1) is 17.5 Å². The number of carbonyl (C=O) groups is 1. The molecule has 0 aliphatic carbocycles. The third kappa shape index (κ3) is 4.44. The van der Waals surface area contributed by atoms with Gasteiger partial charge < -0.3 is 21.1 Å². The van der Waals surface area contributed by atoms with E-state index in [1.54, 1.807) is 12.1 Å². The molecule has 5 nitrogen and oxygen atoms in total. The summed E-state index contributed by atoms with van der Waals surface area (Å²) in [6, 6.07) is 5.19. The summed E-state index contributed by atoms with van der Waals surface area (Å²) < 4.78 is 0. The highest BCUT2D eigenvalue weighted by Crippen LogP contribution is 2.22. The highest BCUT2D eigenvalue weighted by Gasteiger charge is 2.10. The SMILES string of the molecule is CCCC(O)CNC(=O)c1ccc(N(C)C)c(N)c1. The van der Waals surface area contributed by atoms with E-state index in [0.717, 1.165) is 12.1 Å². The zero-order valence-electron chi connectivity index (χ0n) is 11.8. The molecule has 1 aromatic rings. The van der Waals surface area contributed by atoms with Crippen molar-refractivity contribution in [1.82, 2.24) is 5.32 Å². The number of nitrogens with two attached hydrogens (primary N) is 1. The zero-order chi connectivity index (χ0) is 14.4. The highest BCUT2D eigenvalue weighted by atomic mass is 16.3. The van der Waals surface area contributed by atoms with Gasteiger partial charge in [-0.05, 0) is 24.6 Å². The van der Waals surface area contributed by atoms with E-state index in [1.165, 1.54) is 0 Å². The third-order valence-electron chi connectivity index (χ3n) is 2.89. The number of nitrogen functional groups attached to an aromatic ring is 1. The summed E-state index contributed by atoms with van der Waals surface area (Å²) in [5.74, 6) is -0.216. The Morgan fingerprint density at radius 3 is 2.68 bits per heavy atom. The van der Waals surface area contributed by atoms with Crippen LogP contribution in [0.3, 0.4) is 0 Å². The van der Waals surface area contributed by atoms with Gasteiger partial charge in [-0.25, -0.2) is 0 Å². The average molecular weight is 265 g/mol. The lowest BCUT2D eigenvalue weighted by atomic mass is 10.1. The molecule has 1 aromatic carbocycles. The third-order valence-corrected chi connectivity index (χ3v) is 2.89. The number of aliphatic hydroxyl groups is 1. The quantitative estimate of drug-likeness (QED) is 0.676. The highest BCUT2D eigenvalue weighted by molar-refractivity contribution is 5.96. The first-order chi connectivity index (χ1) is 8.95. The molecule has 5 heteroatoms. The molecule has 0 saturated heterocycles. The van der Waals surface area contributed by atoms with Crippen LogP contribution in [-0.4, -0.2) is 37.8 Å². The van der Waals surface area contributed by atoms with E-state index in [2.05, 4.69) is 5.32 Å². The molecule has 0 aliphatic rings. The predicted molar refractivity (Wildman–Crippen MR) is 78.4 cm³/mol. The lowest BCUT2D eigenvalue weighted by molar-refractivity contribution is 0.0910. The second-order valence-electron chi connectivity index (χ2n) is 4.82. The van der Waals surface area contributed by atoms with E-state index in [-0.39, 0.29) is 12.5 Å². The lowest BCUT2D eigenvalue weighted by Crippen LogP contribution is -2.32. The van der Waals surface area contributed by atoms with Crippen LogP contribution in [0.4, 0.5) is 11.4 Å². The Bertz CT molecular complexity index is 433. The van der Waals surface area contributed by atoms with Crippen LogP contribution in [0.5, 0.6) is 0 Å². The number of hydrogen-bond acceptors (Lipinski definition) is 4. The second kappa shape index (κ2) is 6.99. The number of rotatable bonds is 6. The van der Waals surface area contributed by atoms with E-state index in [0.29, 0.717) is 17.7 Å². The van der Waals surface area contributed by atoms with Gasteiger partial charge in [0.25, 0.3) is 5.91 Å². The minimum atomic E-state index is -0.493. The van der Waals surface area contributed by atoms with E-state index in [4.69, 9.17) is 5.73 Å². The first-order valence-corrected chi connectivity index (χ1v) is 6.48. The van der Waals surface area contributed by atoms with E-state index in [9.17, 15) is 9.90 Å². The van der Waals surface area contributed by atoms with Crippen LogP contribution in [0.2, 0.25) is 0 Å². The van der Waals surface area contributed by atoms with Crippen LogP contribution in [0, 0.1) is 0 Å². The van der Waals surface area contributed by atoms with Crippen molar-refractivity contribution in [2.75, 3.05) is 31.3 Å². The van der Waals surface area contributed by atoms with Crippen LogP contribution in [0.25, 0.3) is 0 Å². The summed E-state index contributed by atoms with van der Waals surface area (Å²) >= 11 is 0. The van der Waals surface area contributed by atoms with Gasteiger partial charge in [0.2, 0.25) is 0 Å². The fraction of sp³-hybridized carbons (Fsp3) is 0.500. The van der Waals surface area contributed by atoms with Crippen LogP contribution in [-0.2, 0) is 0 Å². The predicted octanol–water partition coefficient (Wildman–Crippen LogP) is 1.23. The molecule has 1 unspecified atom stereocenters. The Balaban J connectivity index is 2.65. The second-order valence-corrected chi connectivity index (χ2v) is 4.82. The lowest BCUT2D eigenvalue weighted by Gasteiger charge is -2.16. The van der Waals surface area contributed by atoms with E-state index < -0.39 is 6.10 Å². The number of nitrogens with zero attached hydrogens (tertiary/aromatic N) is 1. The van der Waals surface area contributed by atoms with Crippen molar-refractivity contribution in [2.24, 2.45) is 0 Å². The number of hydrogen-bond donors (Lipinski definition) is 3. The van der Waals surface area contributed by atoms with Crippen molar-refractivity contribution >= 4 is 17.3 Å². The minimum Gasteiger partial charge on any atom is -0.397 e. The summed E-state index contributed by atoms with van der Waals surface area (Å²) in [7, 11) is 3.79. The molecule has 0 saturated carbocycles. The van der Waals surface area contributed by atoms with Crippen LogP contribution in [0.1, 0.15) is 30.1 Å². The van der Waals surface area contributed by atoms with Gasteiger partial charge in [-0.2, -0.15) is 0 Å². The Morgan fingerprint density at radius 2 is 2.16 bits per heavy atom. The fourth-order valence-corrected chi connectivity index (χ4v) is 1.85. The maximum Gasteiger partial charge on any atom is 0.251 e. The number of benzene rings is 1. The van der Waals surface area contributed by atoms with Crippen molar-refractivity contribution in [3.05, 3.63) is 23.8 Å². The van der Waals surface area contributed by atoms with Gasteiger partial charge >= 0.3 is 0 Å². The van der Waals surface area contributed by atoms with Crippen LogP contribution < -0.4 is 16.0 Å². The molecular formula is C14H23N3O2. The monoisotopic (exact) mass is 265 g/mol. The van der Waals surface area contributed by atoms with E-state index >= 15 is 0 Å². The van der Waals surface area contributed by atoms with Gasteiger partial charge in [0, 0.05) is 26.2 Å². The first kappa shape index (κ1) is 15.3. The molecular weight excluding hydrogens is 242 g/mol. The Labute approximate surface area is 114 Å².